The van der Waals surface area contributed by atoms with Gasteiger partial charge in [-0.15, -0.1) is 0 Å². The van der Waals surface area contributed by atoms with E-state index in [0.29, 0.717) is 29.7 Å². The zero-order valence-electron chi connectivity index (χ0n) is 19.4. The lowest BCUT2D eigenvalue weighted by atomic mass is 9.81. The molecule has 1 saturated carbocycles. The monoisotopic (exact) mass is 425 g/mol. The van der Waals surface area contributed by atoms with Gasteiger partial charge >= 0.3 is 0 Å². The second-order valence-corrected chi connectivity index (χ2v) is 10.7. The molecule has 1 aliphatic carbocycles. The summed E-state index contributed by atoms with van der Waals surface area (Å²) in [6, 6.07) is 1.90. The number of anilines is 1. The van der Waals surface area contributed by atoms with Crippen LogP contribution in [-0.4, -0.2) is 76.9 Å². The van der Waals surface area contributed by atoms with E-state index in [1.807, 2.05) is 0 Å². The zero-order chi connectivity index (χ0) is 21.4. The van der Waals surface area contributed by atoms with Gasteiger partial charge in [0, 0.05) is 50.0 Å². The van der Waals surface area contributed by atoms with Crippen molar-refractivity contribution in [3.05, 3.63) is 18.0 Å². The highest BCUT2D eigenvalue weighted by Gasteiger charge is 2.40. The summed E-state index contributed by atoms with van der Waals surface area (Å²) in [4.78, 5) is 28.7. The van der Waals surface area contributed by atoms with Crippen molar-refractivity contribution < 1.29 is 4.79 Å². The zero-order valence-corrected chi connectivity index (χ0v) is 19.4. The molecule has 170 valence electrons. The van der Waals surface area contributed by atoms with Crippen molar-refractivity contribution in [2.24, 2.45) is 5.92 Å². The van der Waals surface area contributed by atoms with Gasteiger partial charge in [-0.2, -0.15) is 0 Å². The number of Topliss-reactive ketones (excluding diaryl/α,β-unsaturated/α-hetero) is 1. The maximum absolute atomic E-state index is 11.4. The number of hydrogen-bond acceptors (Lipinski definition) is 6. The van der Waals surface area contributed by atoms with E-state index < -0.39 is 0 Å². The molecule has 0 N–H and O–H groups in total. The van der Waals surface area contributed by atoms with Gasteiger partial charge in [-0.1, -0.05) is 0 Å². The van der Waals surface area contributed by atoms with Crippen LogP contribution in [0.2, 0.25) is 0 Å². The Balaban J connectivity index is 1.13. The standard InChI is InChI=1S/C25H39N5O/c1-18(31)13-19-3-5-22(6-4-19)29-11-9-20(10-12-29)21-14-26-25(27-15-21)30-23-7-8-24(30)17-28(2)16-23/h14-15,19-20,22-24H,3-13,16-17H2,1-2H3/t19-,22+,23?,24?. The highest BCUT2D eigenvalue weighted by atomic mass is 16.1. The lowest BCUT2D eigenvalue weighted by Gasteiger charge is -2.41. The molecule has 3 saturated heterocycles. The molecular weight excluding hydrogens is 386 g/mol. The maximum atomic E-state index is 11.4. The van der Waals surface area contributed by atoms with E-state index in [0.717, 1.165) is 31.5 Å². The minimum atomic E-state index is 0.359. The lowest BCUT2D eigenvalue weighted by molar-refractivity contribution is -0.118. The van der Waals surface area contributed by atoms with E-state index >= 15 is 0 Å². The molecule has 0 radical (unpaired) electrons. The number of likely N-dealkylation sites (N-methyl/N-ethyl adjacent to an activating group) is 1. The second kappa shape index (κ2) is 9.14. The Bertz CT molecular complexity index is 738. The quantitative estimate of drug-likeness (QED) is 0.720. The Kier molecular flexibility index (Phi) is 6.29. The second-order valence-electron chi connectivity index (χ2n) is 10.7. The lowest BCUT2D eigenvalue weighted by Crippen LogP contribution is -2.53. The van der Waals surface area contributed by atoms with Crippen LogP contribution >= 0.6 is 0 Å². The first-order chi connectivity index (χ1) is 15.1. The molecule has 0 amide bonds. The van der Waals surface area contributed by atoms with E-state index in [9.17, 15) is 4.79 Å². The van der Waals surface area contributed by atoms with E-state index in [1.165, 1.54) is 70.0 Å². The molecule has 0 aromatic carbocycles. The predicted molar refractivity (Wildman–Crippen MR) is 123 cm³/mol. The van der Waals surface area contributed by atoms with Crippen molar-refractivity contribution >= 4 is 11.7 Å². The van der Waals surface area contributed by atoms with Gasteiger partial charge in [-0.3, -0.25) is 0 Å². The summed E-state index contributed by atoms with van der Waals surface area (Å²) in [5.74, 6) is 2.54. The number of aromatic nitrogens is 2. The number of likely N-dealkylation sites (tertiary alicyclic amines) is 2. The summed E-state index contributed by atoms with van der Waals surface area (Å²) >= 11 is 0. The molecule has 2 unspecified atom stereocenters. The number of carbonyl (C=O) groups excluding carboxylic acids is 1. The summed E-state index contributed by atoms with van der Waals surface area (Å²) in [7, 11) is 2.23. The fraction of sp³-hybridized carbons (Fsp3) is 0.800. The first-order valence-electron chi connectivity index (χ1n) is 12.6. The molecule has 0 spiro atoms. The van der Waals surface area contributed by atoms with Crippen LogP contribution in [0, 0.1) is 5.92 Å². The summed E-state index contributed by atoms with van der Waals surface area (Å²) in [6.45, 7) is 6.39. The van der Waals surface area contributed by atoms with Crippen LogP contribution in [0.1, 0.15) is 76.2 Å². The van der Waals surface area contributed by atoms with Crippen molar-refractivity contribution in [2.45, 2.75) is 88.8 Å². The summed E-state index contributed by atoms with van der Waals surface area (Å²) in [5, 5.41) is 0. The van der Waals surface area contributed by atoms with Gasteiger partial charge in [-0.25, -0.2) is 9.97 Å². The normalized spacial score (nSPS) is 33.0. The Morgan fingerprint density at radius 1 is 0.903 bits per heavy atom. The summed E-state index contributed by atoms with van der Waals surface area (Å²) in [5.41, 5.74) is 1.33. The Morgan fingerprint density at radius 3 is 2.06 bits per heavy atom. The molecule has 2 atom stereocenters. The molecule has 4 heterocycles. The van der Waals surface area contributed by atoms with Crippen LogP contribution in [0.4, 0.5) is 5.95 Å². The first kappa shape index (κ1) is 21.3. The molecule has 4 fully saturated rings. The van der Waals surface area contributed by atoms with Crippen molar-refractivity contribution in [1.29, 1.82) is 0 Å². The van der Waals surface area contributed by atoms with Crippen LogP contribution in [0.5, 0.6) is 0 Å². The van der Waals surface area contributed by atoms with Crippen molar-refractivity contribution in [2.75, 3.05) is 38.1 Å². The highest BCUT2D eigenvalue weighted by Crippen LogP contribution is 2.36. The Labute approximate surface area is 187 Å². The fourth-order valence-corrected chi connectivity index (χ4v) is 6.83. The van der Waals surface area contributed by atoms with Crippen molar-refractivity contribution in [3.63, 3.8) is 0 Å². The molecule has 3 aliphatic heterocycles. The van der Waals surface area contributed by atoms with Crippen molar-refractivity contribution in [1.82, 2.24) is 19.8 Å². The van der Waals surface area contributed by atoms with E-state index in [4.69, 9.17) is 9.97 Å². The smallest absolute Gasteiger partial charge is 0.225 e. The van der Waals surface area contributed by atoms with E-state index in [2.05, 4.69) is 34.1 Å². The number of piperazine rings is 1. The van der Waals surface area contributed by atoms with Gasteiger partial charge in [0.1, 0.15) is 5.78 Å². The molecule has 1 aromatic rings. The van der Waals surface area contributed by atoms with Gasteiger partial charge in [0.05, 0.1) is 0 Å². The Hall–Kier alpha value is -1.53. The number of nitrogens with zero attached hydrogens (tertiary/aromatic N) is 5. The van der Waals surface area contributed by atoms with Gasteiger partial charge in [0.15, 0.2) is 0 Å². The summed E-state index contributed by atoms with van der Waals surface area (Å²) in [6.07, 6.45) is 15.0. The third-order valence-corrected chi connectivity index (χ3v) is 8.46. The SMILES string of the molecule is CC(=O)C[C@H]1CC[C@@H](N2CCC(c3cnc(N4C5CCC4CN(C)C5)nc3)CC2)CC1. The molecule has 1 aromatic heterocycles. The molecular formula is C25H39N5O. The van der Waals surface area contributed by atoms with E-state index in [-0.39, 0.29) is 0 Å². The molecule has 6 nitrogen and oxygen atoms in total. The average Bonchev–Trinajstić information content (AvgIpc) is 3.05. The molecule has 4 aliphatic rings. The average molecular weight is 426 g/mol. The number of ketones is 1. The molecule has 5 rings (SSSR count). The number of carbonyl (C=O) groups is 1. The predicted octanol–water partition coefficient (Wildman–Crippen LogP) is 3.48. The largest absolute Gasteiger partial charge is 0.332 e. The fourth-order valence-electron chi connectivity index (χ4n) is 6.83. The molecule has 2 bridgehead atoms. The number of piperidine rings is 1. The third kappa shape index (κ3) is 4.65. The van der Waals surface area contributed by atoms with Gasteiger partial charge in [0.2, 0.25) is 5.95 Å². The highest BCUT2D eigenvalue weighted by molar-refractivity contribution is 5.75. The van der Waals surface area contributed by atoms with Crippen LogP contribution < -0.4 is 4.90 Å². The van der Waals surface area contributed by atoms with E-state index in [1.54, 1.807) is 6.92 Å². The number of rotatable bonds is 5. The molecule has 31 heavy (non-hydrogen) atoms. The third-order valence-electron chi connectivity index (χ3n) is 8.46. The van der Waals surface area contributed by atoms with Crippen molar-refractivity contribution in [3.8, 4) is 0 Å². The van der Waals surface area contributed by atoms with Crippen LogP contribution in [0.25, 0.3) is 0 Å². The number of fused-ring (bicyclic) bond motifs is 2. The minimum absolute atomic E-state index is 0.359. The van der Waals surface area contributed by atoms with Gasteiger partial charge in [-0.05, 0) is 95.8 Å². The molecule has 6 heteroatoms. The number of hydrogen-bond donors (Lipinski definition) is 0. The topological polar surface area (TPSA) is 52.6 Å². The van der Waals surface area contributed by atoms with Gasteiger partial charge < -0.3 is 19.5 Å². The van der Waals surface area contributed by atoms with Crippen LogP contribution in [0.15, 0.2) is 12.4 Å². The van der Waals surface area contributed by atoms with Crippen LogP contribution in [-0.2, 0) is 4.79 Å². The van der Waals surface area contributed by atoms with Gasteiger partial charge in [0.25, 0.3) is 0 Å². The first-order valence-corrected chi connectivity index (χ1v) is 12.6. The summed E-state index contributed by atoms with van der Waals surface area (Å²) < 4.78 is 0. The Morgan fingerprint density at radius 2 is 1.48 bits per heavy atom. The maximum Gasteiger partial charge on any atom is 0.225 e. The van der Waals surface area contributed by atoms with Crippen LogP contribution in [0.3, 0.4) is 0 Å². The minimum Gasteiger partial charge on any atom is -0.332 e.